The van der Waals surface area contributed by atoms with Crippen LogP contribution in [0, 0.1) is 13.8 Å². The van der Waals surface area contributed by atoms with Crippen LogP contribution < -0.4 is 5.32 Å². The summed E-state index contributed by atoms with van der Waals surface area (Å²) in [5, 5.41) is 6.35. The molecule has 0 radical (unpaired) electrons. The van der Waals surface area contributed by atoms with Crippen molar-refractivity contribution in [1.82, 2.24) is 9.97 Å². The highest BCUT2D eigenvalue weighted by Crippen LogP contribution is 2.32. The lowest BCUT2D eigenvalue weighted by atomic mass is 10.1. The lowest BCUT2D eigenvalue weighted by molar-refractivity contribution is -0.115. The van der Waals surface area contributed by atoms with Crippen LogP contribution in [-0.4, -0.2) is 26.3 Å². The predicted octanol–water partition coefficient (Wildman–Crippen LogP) is 3.80. The molecule has 0 aliphatic heterocycles. The summed E-state index contributed by atoms with van der Waals surface area (Å²) in [7, 11) is -1.01. The molecule has 2 heterocycles. The Morgan fingerprint density at radius 1 is 1.20 bits per heavy atom. The van der Waals surface area contributed by atoms with Gasteiger partial charge in [0.2, 0.25) is 5.91 Å². The second-order valence-corrected chi connectivity index (χ2v) is 8.95. The smallest absolute Gasteiger partial charge is 0.230 e. The van der Waals surface area contributed by atoms with Crippen LogP contribution in [0.3, 0.4) is 0 Å². The zero-order valence-electron chi connectivity index (χ0n) is 14.0. The van der Waals surface area contributed by atoms with Crippen molar-refractivity contribution < 1.29 is 9.00 Å². The predicted molar refractivity (Wildman–Crippen MR) is 104 cm³/mol. The van der Waals surface area contributed by atoms with Crippen molar-refractivity contribution in [2.24, 2.45) is 0 Å². The first kappa shape index (κ1) is 17.9. The number of amides is 1. The van der Waals surface area contributed by atoms with E-state index in [1.165, 1.54) is 11.3 Å². The van der Waals surface area contributed by atoms with Crippen molar-refractivity contribution >= 4 is 44.5 Å². The normalized spacial score (nSPS) is 12.1. The number of aromatic nitrogens is 2. The summed E-state index contributed by atoms with van der Waals surface area (Å²) in [4.78, 5) is 22.9. The number of hydrogen-bond donors (Lipinski definition) is 1. The molecule has 0 bridgehead atoms. The molecule has 0 saturated carbocycles. The summed E-state index contributed by atoms with van der Waals surface area (Å²) >= 11 is 3.00. The highest BCUT2D eigenvalue weighted by Gasteiger charge is 2.13. The standard InChI is InChI=1S/C17H17N3O2S3/c1-10-16(24-11(2)18-10)14-9-23-17(19-14)20-15(21)8-12-4-6-13(7-5-12)25(3)22/h4-7,9H,8H2,1-3H3,(H,19,20,21). The Kier molecular flexibility index (Phi) is 5.41. The van der Waals surface area contributed by atoms with Crippen LogP contribution in [0.2, 0.25) is 0 Å². The van der Waals surface area contributed by atoms with Gasteiger partial charge in [-0.1, -0.05) is 12.1 Å². The van der Waals surface area contributed by atoms with Gasteiger partial charge < -0.3 is 5.32 Å². The van der Waals surface area contributed by atoms with Gasteiger partial charge in [0.25, 0.3) is 0 Å². The minimum atomic E-state index is -1.01. The molecule has 25 heavy (non-hydrogen) atoms. The first-order valence-corrected chi connectivity index (χ1v) is 10.8. The molecule has 0 fully saturated rings. The van der Waals surface area contributed by atoms with Crippen LogP contribution >= 0.6 is 22.7 Å². The summed E-state index contributed by atoms with van der Waals surface area (Å²) in [6, 6.07) is 7.23. The molecule has 1 aromatic carbocycles. The average Bonchev–Trinajstić information content (AvgIpc) is 3.13. The molecule has 1 N–H and O–H groups in total. The van der Waals surface area contributed by atoms with Crippen LogP contribution in [0.15, 0.2) is 34.5 Å². The zero-order chi connectivity index (χ0) is 18.0. The lowest BCUT2D eigenvalue weighted by Gasteiger charge is -2.03. The molecule has 130 valence electrons. The van der Waals surface area contributed by atoms with Crippen LogP contribution in [0.5, 0.6) is 0 Å². The van der Waals surface area contributed by atoms with Gasteiger partial charge in [-0.25, -0.2) is 9.97 Å². The van der Waals surface area contributed by atoms with Gasteiger partial charge >= 0.3 is 0 Å². The Morgan fingerprint density at radius 2 is 1.92 bits per heavy atom. The number of nitrogens with zero attached hydrogens (tertiary/aromatic N) is 2. The van der Waals surface area contributed by atoms with Gasteiger partial charge in [-0.2, -0.15) is 0 Å². The molecule has 1 atom stereocenters. The van der Waals surface area contributed by atoms with E-state index in [-0.39, 0.29) is 12.3 Å². The number of rotatable bonds is 5. The molecular formula is C17H17N3O2S3. The Bertz CT molecular complexity index is 929. The van der Waals surface area contributed by atoms with Gasteiger partial charge in [-0.05, 0) is 31.5 Å². The van der Waals surface area contributed by atoms with Crippen molar-refractivity contribution in [2.45, 2.75) is 25.2 Å². The fourth-order valence-corrected chi connectivity index (χ4v) is 4.54. The van der Waals surface area contributed by atoms with Crippen molar-refractivity contribution in [3.8, 4) is 10.6 Å². The number of aryl methyl sites for hydroxylation is 2. The molecule has 0 aliphatic rings. The molecular weight excluding hydrogens is 374 g/mol. The van der Waals surface area contributed by atoms with Gasteiger partial charge in [-0.15, -0.1) is 22.7 Å². The maximum absolute atomic E-state index is 12.2. The minimum absolute atomic E-state index is 0.122. The quantitative estimate of drug-likeness (QED) is 0.718. The molecule has 0 spiro atoms. The van der Waals surface area contributed by atoms with E-state index in [2.05, 4.69) is 15.3 Å². The highest BCUT2D eigenvalue weighted by molar-refractivity contribution is 7.84. The SMILES string of the molecule is Cc1nc(C)c(-c2csc(NC(=O)Cc3ccc(S(C)=O)cc3)n2)s1. The van der Waals surface area contributed by atoms with E-state index in [1.807, 2.05) is 31.4 Å². The first-order valence-electron chi connectivity index (χ1n) is 7.54. The third-order valence-corrected chi connectivity index (χ3v) is 6.30. The molecule has 0 aliphatic carbocycles. The first-order chi connectivity index (χ1) is 11.9. The van der Waals surface area contributed by atoms with Gasteiger partial charge in [0.15, 0.2) is 5.13 Å². The largest absolute Gasteiger partial charge is 0.302 e. The van der Waals surface area contributed by atoms with Gasteiger partial charge in [0.05, 0.1) is 27.7 Å². The topological polar surface area (TPSA) is 72.0 Å². The Morgan fingerprint density at radius 3 is 2.52 bits per heavy atom. The van der Waals surface area contributed by atoms with Crippen LogP contribution in [0.25, 0.3) is 10.6 Å². The number of anilines is 1. The number of hydrogen-bond acceptors (Lipinski definition) is 6. The Hall–Kier alpha value is -1.90. The van der Waals surface area contributed by atoms with E-state index < -0.39 is 10.8 Å². The number of carbonyl (C=O) groups excluding carboxylic acids is 1. The lowest BCUT2D eigenvalue weighted by Crippen LogP contribution is -2.14. The van der Waals surface area contributed by atoms with E-state index in [9.17, 15) is 9.00 Å². The number of nitrogens with one attached hydrogen (secondary N) is 1. The van der Waals surface area contributed by atoms with Crippen LogP contribution in [0.4, 0.5) is 5.13 Å². The zero-order valence-corrected chi connectivity index (χ0v) is 16.5. The Labute approximate surface area is 156 Å². The van der Waals surface area contributed by atoms with Gasteiger partial charge in [0, 0.05) is 27.3 Å². The average molecular weight is 392 g/mol. The van der Waals surface area contributed by atoms with Gasteiger partial charge in [0.1, 0.15) is 0 Å². The van der Waals surface area contributed by atoms with E-state index >= 15 is 0 Å². The second-order valence-electron chi connectivity index (χ2n) is 5.51. The molecule has 0 saturated heterocycles. The maximum Gasteiger partial charge on any atom is 0.230 e. The fourth-order valence-electron chi connectivity index (χ4n) is 2.35. The van der Waals surface area contributed by atoms with E-state index in [0.717, 1.165) is 31.7 Å². The highest BCUT2D eigenvalue weighted by atomic mass is 32.2. The van der Waals surface area contributed by atoms with E-state index in [1.54, 1.807) is 29.7 Å². The molecule has 3 rings (SSSR count). The molecule has 3 aromatic rings. The van der Waals surface area contributed by atoms with Crippen molar-refractivity contribution in [2.75, 3.05) is 11.6 Å². The third kappa shape index (κ3) is 4.39. The summed E-state index contributed by atoms with van der Waals surface area (Å²) in [5.41, 5.74) is 2.68. The third-order valence-electron chi connectivity index (χ3n) is 3.51. The van der Waals surface area contributed by atoms with Crippen LogP contribution in [0.1, 0.15) is 16.3 Å². The van der Waals surface area contributed by atoms with E-state index in [4.69, 9.17) is 0 Å². The number of thiazole rings is 2. The molecule has 5 nitrogen and oxygen atoms in total. The second kappa shape index (κ2) is 7.55. The monoisotopic (exact) mass is 391 g/mol. The summed E-state index contributed by atoms with van der Waals surface area (Å²) in [6.45, 7) is 3.93. The van der Waals surface area contributed by atoms with E-state index in [0.29, 0.717) is 5.13 Å². The molecule has 2 aromatic heterocycles. The van der Waals surface area contributed by atoms with Crippen molar-refractivity contribution in [3.05, 3.63) is 45.9 Å². The van der Waals surface area contributed by atoms with Gasteiger partial charge in [-0.3, -0.25) is 9.00 Å². The summed E-state index contributed by atoms with van der Waals surface area (Å²) in [5.74, 6) is -0.122. The number of carbonyl (C=O) groups is 1. The van der Waals surface area contributed by atoms with Crippen molar-refractivity contribution in [1.29, 1.82) is 0 Å². The summed E-state index contributed by atoms with van der Waals surface area (Å²) in [6.07, 6.45) is 1.89. The minimum Gasteiger partial charge on any atom is -0.302 e. The molecule has 1 unspecified atom stereocenters. The number of benzene rings is 1. The summed E-state index contributed by atoms with van der Waals surface area (Å²) < 4.78 is 11.4. The Balaban J connectivity index is 1.65. The fraction of sp³-hybridized carbons (Fsp3) is 0.235. The molecule has 1 amide bonds. The van der Waals surface area contributed by atoms with Crippen LogP contribution in [-0.2, 0) is 22.0 Å². The maximum atomic E-state index is 12.2. The van der Waals surface area contributed by atoms with Crippen molar-refractivity contribution in [3.63, 3.8) is 0 Å². The molecule has 8 heteroatoms.